The van der Waals surface area contributed by atoms with Crippen LogP contribution in [0.1, 0.15) is 30.7 Å². The molecule has 1 aromatic heterocycles. The van der Waals surface area contributed by atoms with E-state index in [0.717, 1.165) is 27.7 Å². The first kappa shape index (κ1) is 22.7. The fraction of sp³-hybridized carbons (Fsp3) is 0.400. The number of carbonyl (C=O) groups is 1. The molecule has 2 aliphatic rings. The van der Waals surface area contributed by atoms with Crippen LogP contribution in [0.5, 0.6) is 11.5 Å². The van der Waals surface area contributed by atoms with Gasteiger partial charge in [-0.1, -0.05) is 25.5 Å². The van der Waals surface area contributed by atoms with Gasteiger partial charge in [-0.05, 0) is 37.1 Å². The summed E-state index contributed by atoms with van der Waals surface area (Å²) in [6.45, 7) is 7.51. The Morgan fingerprint density at radius 3 is 2.62 bits per heavy atom. The van der Waals surface area contributed by atoms with Gasteiger partial charge in [-0.3, -0.25) is 4.79 Å². The highest BCUT2D eigenvalue weighted by Gasteiger charge is 2.34. The standard InChI is InChI=1S/C25H29N3O5S/c1-15(2)24(27-34(30,31)17-5-7-22-23(13-17)33-11-10-32-22)25(29)28-9-8-21-19(14-28)18-12-16(3)4-6-20(18)26-21/h4-7,12-13,15,24,26-27H,8-11,14H2,1-3H3/t24-/m1/s1. The summed E-state index contributed by atoms with van der Waals surface area (Å²) in [4.78, 5) is 18.8. The van der Waals surface area contributed by atoms with Crippen molar-refractivity contribution in [1.82, 2.24) is 14.6 Å². The normalized spacial score (nSPS) is 16.5. The van der Waals surface area contributed by atoms with E-state index in [-0.39, 0.29) is 16.7 Å². The van der Waals surface area contributed by atoms with Gasteiger partial charge in [-0.15, -0.1) is 0 Å². The number of fused-ring (bicyclic) bond motifs is 4. The Bertz CT molecular complexity index is 1360. The van der Waals surface area contributed by atoms with Crippen molar-refractivity contribution in [3.63, 3.8) is 0 Å². The fourth-order valence-corrected chi connectivity index (χ4v) is 5.96. The summed E-state index contributed by atoms with van der Waals surface area (Å²) in [6, 6.07) is 9.87. The number of rotatable bonds is 5. The van der Waals surface area contributed by atoms with E-state index >= 15 is 0 Å². The van der Waals surface area contributed by atoms with Crippen LogP contribution in [0, 0.1) is 12.8 Å². The molecule has 0 saturated carbocycles. The van der Waals surface area contributed by atoms with E-state index in [9.17, 15) is 13.2 Å². The Morgan fingerprint density at radius 2 is 1.85 bits per heavy atom. The number of hydrogen-bond donors (Lipinski definition) is 2. The number of amides is 1. The lowest BCUT2D eigenvalue weighted by atomic mass is 10.00. The number of benzene rings is 2. The Labute approximate surface area is 199 Å². The highest BCUT2D eigenvalue weighted by atomic mass is 32.2. The molecule has 0 radical (unpaired) electrons. The lowest BCUT2D eigenvalue weighted by Crippen LogP contribution is -2.52. The molecule has 3 aromatic rings. The average Bonchev–Trinajstić information content (AvgIpc) is 3.18. The first-order valence-electron chi connectivity index (χ1n) is 11.5. The Hall–Kier alpha value is -3.04. The third kappa shape index (κ3) is 4.14. The van der Waals surface area contributed by atoms with Gasteiger partial charge in [0.15, 0.2) is 11.5 Å². The summed E-state index contributed by atoms with van der Waals surface area (Å²) < 4.78 is 40.1. The van der Waals surface area contributed by atoms with Crippen molar-refractivity contribution in [2.45, 2.75) is 44.7 Å². The molecule has 0 unspecified atom stereocenters. The second-order valence-electron chi connectivity index (χ2n) is 9.29. The maximum atomic E-state index is 13.6. The van der Waals surface area contributed by atoms with Crippen LogP contribution in [-0.2, 0) is 27.8 Å². The summed E-state index contributed by atoms with van der Waals surface area (Å²) in [5.41, 5.74) is 4.47. The van der Waals surface area contributed by atoms with Gasteiger partial charge < -0.3 is 19.4 Å². The summed E-state index contributed by atoms with van der Waals surface area (Å²) in [6.07, 6.45) is 0.703. The minimum Gasteiger partial charge on any atom is -0.486 e. The maximum Gasteiger partial charge on any atom is 0.241 e. The molecule has 1 amide bonds. The molecular weight excluding hydrogens is 454 g/mol. The third-order valence-electron chi connectivity index (χ3n) is 6.48. The number of hydrogen-bond acceptors (Lipinski definition) is 5. The predicted octanol–water partition coefficient (Wildman–Crippen LogP) is 3.14. The smallest absolute Gasteiger partial charge is 0.241 e. The molecule has 0 aliphatic carbocycles. The van der Waals surface area contributed by atoms with Crippen molar-refractivity contribution >= 4 is 26.8 Å². The molecule has 0 spiro atoms. The summed E-state index contributed by atoms with van der Waals surface area (Å²) in [5, 5.41) is 1.12. The van der Waals surface area contributed by atoms with Crippen LogP contribution in [0.4, 0.5) is 0 Å². The number of ether oxygens (including phenoxy) is 2. The predicted molar refractivity (Wildman–Crippen MR) is 129 cm³/mol. The lowest BCUT2D eigenvalue weighted by Gasteiger charge is -2.32. The van der Waals surface area contributed by atoms with Crippen molar-refractivity contribution in [2.75, 3.05) is 19.8 Å². The van der Waals surface area contributed by atoms with Crippen LogP contribution in [0.2, 0.25) is 0 Å². The first-order valence-corrected chi connectivity index (χ1v) is 13.0. The van der Waals surface area contributed by atoms with Gasteiger partial charge in [0.1, 0.15) is 19.3 Å². The fourth-order valence-electron chi connectivity index (χ4n) is 4.61. The summed E-state index contributed by atoms with van der Waals surface area (Å²) in [7, 11) is -3.95. The second kappa shape index (κ2) is 8.63. The van der Waals surface area contributed by atoms with Crippen molar-refractivity contribution in [3.8, 4) is 11.5 Å². The molecule has 3 heterocycles. The number of sulfonamides is 1. The number of aryl methyl sites for hydroxylation is 1. The molecule has 8 nitrogen and oxygen atoms in total. The van der Waals surface area contributed by atoms with E-state index in [4.69, 9.17) is 9.47 Å². The lowest BCUT2D eigenvalue weighted by molar-refractivity contribution is -0.135. The molecule has 34 heavy (non-hydrogen) atoms. The van der Waals surface area contributed by atoms with Gasteiger partial charge in [0.05, 0.1) is 4.90 Å². The quantitative estimate of drug-likeness (QED) is 0.581. The number of nitrogens with one attached hydrogen (secondary N) is 2. The Balaban J connectivity index is 1.39. The van der Waals surface area contributed by atoms with Crippen LogP contribution < -0.4 is 14.2 Å². The minimum absolute atomic E-state index is 0.0447. The summed E-state index contributed by atoms with van der Waals surface area (Å²) in [5.74, 6) is 0.453. The van der Waals surface area contributed by atoms with E-state index in [2.05, 4.69) is 27.9 Å². The van der Waals surface area contributed by atoms with Crippen LogP contribution >= 0.6 is 0 Å². The van der Waals surface area contributed by atoms with E-state index in [1.165, 1.54) is 12.1 Å². The van der Waals surface area contributed by atoms with Crippen molar-refractivity contribution < 1.29 is 22.7 Å². The molecule has 2 aromatic carbocycles. The molecule has 0 fully saturated rings. The molecule has 0 bridgehead atoms. The Morgan fingerprint density at radius 1 is 1.09 bits per heavy atom. The number of H-pyrrole nitrogens is 1. The second-order valence-corrected chi connectivity index (χ2v) is 11.0. The largest absolute Gasteiger partial charge is 0.486 e. The molecule has 1 atom stereocenters. The highest BCUT2D eigenvalue weighted by molar-refractivity contribution is 7.89. The van der Waals surface area contributed by atoms with Crippen LogP contribution in [-0.4, -0.2) is 50.0 Å². The van der Waals surface area contributed by atoms with Crippen LogP contribution in [0.3, 0.4) is 0 Å². The average molecular weight is 484 g/mol. The molecule has 180 valence electrons. The van der Waals surface area contributed by atoms with Gasteiger partial charge in [0, 0.05) is 47.7 Å². The van der Waals surface area contributed by atoms with Gasteiger partial charge in [0.2, 0.25) is 15.9 Å². The number of aromatic amines is 1. The monoisotopic (exact) mass is 483 g/mol. The Kier molecular flexibility index (Phi) is 5.77. The van der Waals surface area contributed by atoms with Crippen LogP contribution in [0.25, 0.3) is 10.9 Å². The van der Waals surface area contributed by atoms with E-state index < -0.39 is 16.1 Å². The zero-order valence-electron chi connectivity index (χ0n) is 19.6. The first-order chi connectivity index (χ1) is 16.2. The SMILES string of the molecule is Cc1ccc2[nH]c3c(c2c1)CN(C(=O)[C@H](NS(=O)(=O)c1ccc2c(c1)OCCO2)C(C)C)CC3. The van der Waals surface area contributed by atoms with Crippen molar-refractivity contribution in [3.05, 3.63) is 53.2 Å². The number of aromatic nitrogens is 1. The molecule has 0 saturated heterocycles. The van der Waals surface area contributed by atoms with E-state index in [0.29, 0.717) is 44.2 Å². The topological polar surface area (TPSA) is 101 Å². The van der Waals surface area contributed by atoms with Crippen molar-refractivity contribution in [2.24, 2.45) is 5.92 Å². The van der Waals surface area contributed by atoms with Crippen LogP contribution in [0.15, 0.2) is 41.3 Å². The van der Waals surface area contributed by atoms with Gasteiger partial charge >= 0.3 is 0 Å². The van der Waals surface area contributed by atoms with Gasteiger partial charge in [-0.2, -0.15) is 4.72 Å². The van der Waals surface area contributed by atoms with Gasteiger partial charge in [0.25, 0.3) is 0 Å². The third-order valence-corrected chi connectivity index (χ3v) is 7.92. The van der Waals surface area contributed by atoms with E-state index in [1.54, 1.807) is 11.0 Å². The molecular formula is C25H29N3O5S. The zero-order chi connectivity index (χ0) is 24.0. The highest BCUT2D eigenvalue weighted by Crippen LogP contribution is 2.33. The molecule has 5 rings (SSSR count). The van der Waals surface area contributed by atoms with E-state index in [1.807, 2.05) is 20.8 Å². The minimum atomic E-state index is -3.95. The van der Waals surface area contributed by atoms with Gasteiger partial charge in [-0.25, -0.2) is 8.42 Å². The molecule has 2 aliphatic heterocycles. The number of carbonyl (C=O) groups excluding carboxylic acids is 1. The molecule has 9 heteroatoms. The maximum absolute atomic E-state index is 13.6. The molecule has 2 N–H and O–H groups in total. The number of nitrogens with zero attached hydrogens (tertiary/aromatic N) is 1. The van der Waals surface area contributed by atoms with Crippen molar-refractivity contribution in [1.29, 1.82) is 0 Å². The summed E-state index contributed by atoms with van der Waals surface area (Å²) >= 11 is 0. The zero-order valence-corrected chi connectivity index (χ0v) is 20.4.